The first-order valence-corrected chi connectivity index (χ1v) is 9.98. The molecule has 158 valence electrons. The minimum atomic E-state index is -0.788. The maximum absolute atomic E-state index is 13.8. The predicted molar refractivity (Wildman–Crippen MR) is 105 cm³/mol. The molecular formula is C22H22F2N2O4. The molecule has 1 aromatic carbocycles. The number of nitrogens with zero attached hydrogens (tertiary/aromatic N) is 1. The van der Waals surface area contributed by atoms with Gasteiger partial charge >= 0.3 is 0 Å². The molecule has 2 heterocycles. The van der Waals surface area contributed by atoms with Gasteiger partial charge in [-0.15, -0.1) is 0 Å². The minimum Gasteiger partial charge on any atom is -0.491 e. The van der Waals surface area contributed by atoms with E-state index in [0.717, 1.165) is 37.8 Å². The van der Waals surface area contributed by atoms with Gasteiger partial charge in [0.2, 0.25) is 5.43 Å². The molecule has 2 aromatic rings. The van der Waals surface area contributed by atoms with Gasteiger partial charge in [-0.25, -0.2) is 8.78 Å². The van der Waals surface area contributed by atoms with E-state index in [1.54, 1.807) is 4.57 Å². The first kappa shape index (κ1) is 20.3. The zero-order valence-electron chi connectivity index (χ0n) is 16.5. The molecule has 1 aromatic heterocycles. The van der Waals surface area contributed by atoms with Crippen LogP contribution >= 0.6 is 0 Å². The lowest BCUT2D eigenvalue weighted by Gasteiger charge is -2.36. The Morgan fingerprint density at radius 1 is 1.23 bits per heavy atom. The summed E-state index contributed by atoms with van der Waals surface area (Å²) >= 11 is 0. The Kier molecular flexibility index (Phi) is 5.40. The molecule has 1 saturated carbocycles. The number of Topliss-reactive ketones (excluding diaryl/α,β-unsaturated/α-hetero) is 1. The second-order valence-electron chi connectivity index (χ2n) is 7.84. The molecule has 2 atom stereocenters. The van der Waals surface area contributed by atoms with Crippen LogP contribution in [0.3, 0.4) is 0 Å². The summed E-state index contributed by atoms with van der Waals surface area (Å²) in [5.74, 6) is -2.40. The maximum Gasteiger partial charge on any atom is 0.257 e. The largest absolute Gasteiger partial charge is 0.491 e. The van der Waals surface area contributed by atoms with E-state index in [1.165, 1.54) is 19.4 Å². The summed E-state index contributed by atoms with van der Waals surface area (Å²) in [4.78, 5) is 38.6. The number of benzene rings is 1. The number of halogens is 2. The summed E-state index contributed by atoms with van der Waals surface area (Å²) in [5.41, 5.74) is -0.551. The van der Waals surface area contributed by atoms with Crippen LogP contribution < -0.4 is 15.5 Å². The molecule has 1 fully saturated rings. The van der Waals surface area contributed by atoms with Crippen LogP contribution in [0.1, 0.15) is 52.1 Å². The van der Waals surface area contributed by atoms with Crippen molar-refractivity contribution in [2.45, 2.75) is 38.8 Å². The Morgan fingerprint density at radius 2 is 2.00 bits per heavy atom. The standard InChI is InChI=1S/C22H22F2N2O4/c1-30-21-18-19(27)15-5-3-2-4-13(15)10-26(18)11-16(20(21)28)22(29)25-9-12-6-7-14(23)8-17(12)24/h6-8,11,13,15H,2-5,9-10H2,1H3,(H,25,29). The van der Waals surface area contributed by atoms with Crippen LogP contribution in [-0.4, -0.2) is 23.4 Å². The SMILES string of the molecule is COc1c2n(cc(C(=O)NCc3ccc(F)cc3F)c1=O)CC1CCCCC1C2=O. The van der Waals surface area contributed by atoms with Gasteiger partial charge in [-0.1, -0.05) is 18.9 Å². The quantitative estimate of drug-likeness (QED) is 0.831. The summed E-state index contributed by atoms with van der Waals surface area (Å²) in [6, 6.07) is 3.05. The van der Waals surface area contributed by atoms with Crippen molar-refractivity contribution in [2.24, 2.45) is 11.8 Å². The van der Waals surface area contributed by atoms with Gasteiger partial charge in [0.05, 0.1) is 7.11 Å². The van der Waals surface area contributed by atoms with Crippen molar-refractivity contribution in [2.75, 3.05) is 7.11 Å². The highest BCUT2D eigenvalue weighted by atomic mass is 19.1. The summed E-state index contributed by atoms with van der Waals surface area (Å²) in [6.07, 6.45) is 5.15. The molecule has 0 saturated heterocycles. The average molecular weight is 416 g/mol. The van der Waals surface area contributed by atoms with Gasteiger partial charge in [-0.05, 0) is 24.8 Å². The highest BCUT2D eigenvalue weighted by molar-refractivity contribution is 6.01. The van der Waals surface area contributed by atoms with E-state index in [1.807, 2.05) is 0 Å². The van der Waals surface area contributed by atoms with Crippen LogP contribution in [0.5, 0.6) is 5.75 Å². The average Bonchev–Trinajstić information content (AvgIpc) is 2.73. The van der Waals surface area contributed by atoms with Crippen LogP contribution in [0.2, 0.25) is 0 Å². The third-order valence-electron chi connectivity index (χ3n) is 6.05. The van der Waals surface area contributed by atoms with Crippen LogP contribution in [-0.2, 0) is 13.1 Å². The van der Waals surface area contributed by atoms with Gasteiger partial charge in [-0.2, -0.15) is 0 Å². The highest BCUT2D eigenvalue weighted by Gasteiger charge is 2.40. The summed E-state index contributed by atoms with van der Waals surface area (Å²) in [5, 5.41) is 2.49. The van der Waals surface area contributed by atoms with E-state index in [0.29, 0.717) is 6.54 Å². The number of ether oxygens (including phenoxy) is 1. The first-order chi connectivity index (χ1) is 14.4. The third-order valence-corrected chi connectivity index (χ3v) is 6.05. The van der Waals surface area contributed by atoms with Crippen molar-refractivity contribution in [1.29, 1.82) is 0 Å². The van der Waals surface area contributed by atoms with Crippen molar-refractivity contribution in [3.63, 3.8) is 0 Å². The van der Waals surface area contributed by atoms with Crippen LogP contribution in [0.15, 0.2) is 29.2 Å². The number of pyridine rings is 1. The molecule has 6 nitrogen and oxygen atoms in total. The Hall–Kier alpha value is -3.03. The Bertz CT molecular complexity index is 1080. The number of nitrogens with one attached hydrogen (secondary N) is 1. The fraction of sp³-hybridized carbons (Fsp3) is 0.409. The molecule has 8 heteroatoms. The minimum absolute atomic E-state index is 0.0926. The summed E-state index contributed by atoms with van der Waals surface area (Å²) in [7, 11) is 1.30. The summed E-state index contributed by atoms with van der Waals surface area (Å²) in [6.45, 7) is 0.327. The van der Waals surface area contributed by atoms with Crippen LogP contribution in [0.25, 0.3) is 0 Å². The van der Waals surface area contributed by atoms with Crippen molar-refractivity contribution in [1.82, 2.24) is 9.88 Å². The molecule has 0 spiro atoms. The highest BCUT2D eigenvalue weighted by Crippen LogP contribution is 2.38. The topological polar surface area (TPSA) is 77.4 Å². The van der Waals surface area contributed by atoms with Gasteiger partial charge in [-0.3, -0.25) is 14.4 Å². The molecule has 1 aliphatic carbocycles. The number of fused-ring (bicyclic) bond motifs is 2. The van der Waals surface area contributed by atoms with Crippen molar-refractivity contribution < 1.29 is 23.1 Å². The lowest BCUT2D eigenvalue weighted by Crippen LogP contribution is -2.40. The fourth-order valence-electron chi connectivity index (χ4n) is 4.52. The number of carbonyl (C=O) groups excluding carboxylic acids is 2. The second-order valence-corrected chi connectivity index (χ2v) is 7.84. The molecule has 1 aliphatic heterocycles. The molecule has 30 heavy (non-hydrogen) atoms. The van der Waals surface area contributed by atoms with E-state index >= 15 is 0 Å². The lowest BCUT2D eigenvalue weighted by molar-refractivity contribution is 0.0737. The number of rotatable bonds is 4. The second kappa shape index (κ2) is 8.01. The number of carbonyl (C=O) groups is 2. The number of hydrogen-bond donors (Lipinski definition) is 1. The fourth-order valence-corrected chi connectivity index (χ4v) is 4.52. The molecule has 4 rings (SSSR count). The molecule has 0 radical (unpaired) electrons. The molecule has 1 N–H and O–H groups in total. The van der Waals surface area contributed by atoms with Gasteiger partial charge in [0, 0.05) is 36.8 Å². The number of methoxy groups -OCH3 is 1. The predicted octanol–water partition coefficient (Wildman–Crippen LogP) is 3.07. The van der Waals surface area contributed by atoms with Gasteiger partial charge < -0.3 is 14.6 Å². The monoisotopic (exact) mass is 416 g/mol. The number of amides is 1. The van der Waals surface area contributed by atoms with Gasteiger partial charge in [0.15, 0.2) is 11.5 Å². The van der Waals surface area contributed by atoms with Crippen LogP contribution in [0.4, 0.5) is 8.78 Å². The Balaban J connectivity index is 1.65. The van der Waals surface area contributed by atoms with Crippen molar-refractivity contribution in [3.8, 4) is 5.75 Å². The number of aromatic nitrogens is 1. The number of hydrogen-bond acceptors (Lipinski definition) is 4. The lowest BCUT2D eigenvalue weighted by atomic mass is 9.74. The number of ketones is 1. The smallest absolute Gasteiger partial charge is 0.257 e. The van der Waals surface area contributed by atoms with E-state index in [4.69, 9.17) is 4.74 Å². The summed E-state index contributed by atoms with van der Waals surface area (Å²) < 4.78 is 33.7. The first-order valence-electron chi connectivity index (χ1n) is 9.98. The van der Waals surface area contributed by atoms with Crippen molar-refractivity contribution >= 4 is 11.7 Å². The molecular weight excluding hydrogens is 394 g/mol. The molecule has 2 aliphatic rings. The zero-order chi connectivity index (χ0) is 21.4. The van der Waals surface area contributed by atoms with Crippen molar-refractivity contribution in [3.05, 3.63) is 63.1 Å². The van der Waals surface area contributed by atoms with E-state index < -0.39 is 23.0 Å². The van der Waals surface area contributed by atoms with E-state index in [2.05, 4.69) is 5.32 Å². The van der Waals surface area contributed by atoms with Gasteiger partial charge in [0.1, 0.15) is 22.9 Å². The normalized spacial score (nSPS) is 20.3. The maximum atomic E-state index is 13.8. The third kappa shape index (κ3) is 3.51. The Labute approximate surface area is 171 Å². The van der Waals surface area contributed by atoms with Crippen LogP contribution in [0, 0.1) is 23.5 Å². The molecule has 2 unspecified atom stereocenters. The van der Waals surface area contributed by atoms with E-state index in [9.17, 15) is 23.2 Å². The van der Waals surface area contributed by atoms with Gasteiger partial charge in [0.25, 0.3) is 5.91 Å². The molecule has 1 amide bonds. The molecule has 0 bridgehead atoms. The Morgan fingerprint density at radius 3 is 2.73 bits per heavy atom. The van der Waals surface area contributed by atoms with E-state index in [-0.39, 0.29) is 46.7 Å². The zero-order valence-corrected chi connectivity index (χ0v) is 16.5.